The molecule has 7 heteroatoms. The third kappa shape index (κ3) is 4.78. The van der Waals surface area contributed by atoms with Crippen LogP contribution in [0.25, 0.3) is 0 Å². The molecule has 2 N–H and O–H groups in total. The summed E-state index contributed by atoms with van der Waals surface area (Å²) in [6, 6.07) is 16.5. The van der Waals surface area contributed by atoms with Gasteiger partial charge in [-0.25, -0.2) is 0 Å². The number of carbonyl (C=O) groups excluding carboxylic acids is 2. The molecule has 166 valence electrons. The van der Waals surface area contributed by atoms with E-state index in [1.54, 1.807) is 37.4 Å². The highest BCUT2D eigenvalue weighted by Gasteiger charge is 2.31. The van der Waals surface area contributed by atoms with Crippen LogP contribution in [0.15, 0.2) is 65.1 Å². The van der Waals surface area contributed by atoms with Crippen LogP contribution in [-0.2, 0) is 4.79 Å². The van der Waals surface area contributed by atoms with Crippen LogP contribution in [0, 0.1) is 13.8 Å². The fourth-order valence-electron chi connectivity index (χ4n) is 3.56. The fraction of sp³-hybridized carbons (Fsp3) is 0.200. The number of aryl methyl sites for hydroxylation is 2. The Morgan fingerprint density at radius 2 is 1.69 bits per heavy atom. The average molecular weight is 497 g/mol. The highest BCUT2D eigenvalue weighted by molar-refractivity contribution is 9.10. The maximum absolute atomic E-state index is 13.5. The normalized spacial score (nSPS) is 11.5. The number of rotatable bonds is 6. The lowest BCUT2D eigenvalue weighted by Gasteiger charge is -2.29. The average Bonchev–Trinajstić information content (AvgIpc) is 2.77. The summed E-state index contributed by atoms with van der Waals surface area (Å²) in [7, 11) is 3.01. The van der Waals surface area contributed by atoms with Gasteiger partial charge in [0.25, 0.3) is 11.8 Å². The van der Waals surface area contributed by atoms with Crippen molar-refractivity contribution in [1.82, 2.24) is 4.90 Å². The van der Waals surface area contributed by atoms with Crippen molar-refractivity contribution < 1.29 is 19.4 Å². The summed E-state index contributed by atoms with van der Waals surface area (Å²) in [6.45, 7) is 3.83. The van der Waals surface area contributed by atoms with Crippen LogP contribution >= 0.6 is 15.9 Å². The van der Waals surface area contributed by atoms with E-state index < -0.39 is 6.04 Å². The third-order valence-electron chi connectivity index (χ3n) is 5.31. The first-order chi connectivity index (χ1) is 15.2. The molecule has 0 aliphatic heterocycles. The number of nitrogens with zero attached hydrogens (tertiary/aromatic N) is 1. The lowest BCUT2D eigenvalue weighted by Crippen LogP contribution is -2.39. The van der Waals surface area contributed by atoms with Gasteiger partial charge in [-0.3, -0.25) is 9.59 Å². The number of methoxy groups -OCH3 is 1. The molecule has 0 radical (unpaired) electrons. The summed E-state index contributed by atoms with van der Waals surface area (Å²) in [4.78, 5) is 28.3. The number of halogens is 1. The molecule has 1 atom stereocenters. The molecular formula is C25H25BrN2O4. The minimum atomic E-state index is -0.969. The second kappa shape index (κ2) is 9.87. The lowest BCUT2D eigenvalue weighted by molar-refractivity contribution is -0.120. The van der Waals surface area contributed by atoms with Gasteiger partial charge in [0.05, 0.1) is 12.7 Å². The molecule has 0 saturated heterocycles. The number of anilines is 1. The number of phenols is 1. The van der Waals surface area contributed by atoms with Gasteiger partial charge in [0, 0.05) is 17.2 Å². The zero-order valence-electron chi connectivity index (χ0n) is 18.3. The van der Waals surface area contributed by atoms with Crippen molar-refractivity contribution in [3.8, 4) is 11.5 Å². The lowest BCUT2D eigenvalue weighted by atomic mass is 10.0. The fourth-order valence-corrected chi connectivity index (χ4v) is 4.01. The number of aromatic hydroxyl groups is 1. The number of nitrogens with one attached hydrogen (secondary N) is 1. The zero-order valence-corrected chi connectivity index (χ0v) is 19.9. The molecule has 0 bridgehead atoms. The van der Waals surface area contributed by atoms with E-state index >= 15 is 0 Å². The largest absolute Gasteiger partial charge is 0.504 e. The standard InChI is InChI=1S/C25H25BrN2O4/c1-15-8-7-9-16(2)22(15)27-24(30)23(17-12-13-20(29)21(14-17)32-4)28(3)25(31)18-10-5-6-11-19(18)26/h5-14,23,29H,1-4H3,(H,27,30). The van der Waals surface area contributed by atoms with E-state index in [-0.39, 0.29) is 23.3 Å². The van der Waals surface area contributed by atoms with E-state index in [4.69, 9.17) is 4.74 Å². The van der Waals surface area contributed by atoms with Crippen molar-refractivity contribution >= 4 is 33.4 Å². The van der Waals surface area contributed by atoms with E-state index in [0.717, 1.165) is 11.1 Å². The van der Waals surface area contributed by atoms with Gasteiger partial charge in [0.2, 0.25) is 0 Å². The highest BCUT2D eigenvalue weighted by Crippen LogP contribution is 2.33. The van der Waals surface area contributed by atoms with Gasteiger partial charge in [0.15, 0.2) is 11.5 Å². The van der Waals surface area contributed by atoms with Crippen molar-refractivity contribution in [2.24, 2.45) is 0 Å². The van der Waals surface area contributed by atoms with E-state index in [0.29, 0.717) is 21.3 Å². The monoisotopic (exact) mass is 496 g/mol. The summed E-state index contributed by atoms with van der Waals surface area (Å²) in [5.74, 6) is -0.539. The van der Waals surface area contributed by atoms with Crippen LogP contribution in [0.3, 0.4) is 0 Å². The number of phenolic OH excluding ortho intramolecular Hbond substituents is 1. The Kier molecular flexibility index (Phi) is 7.20. The molecule has 2 amide bonds. The molecule has 3 aromatic rings. The molecule has 0 saturated carbocycles. The summed E-state index contributed by atoms with van der Waals surface area (Å²) >= 11 is 3.41. The van der Waals surface area contributed by atoms with Crippen LogP contribution in [0.1, 0.15) is 33.1 Å². The van der Waals surface area contributed by atoms with Crippen molar-refractivity contribution in [3.63, 3.8) is 0 Å². The minimum absolute atomic E-state index is 0.0510. The van der Waals surface area contributed by atoms with Crippen LogP contribution in [-0.4, -0.2) is 36.0 Å². The second-order valence-corrected chi connectivity index (χ2v) is 8.34. The highest BCUT2D eigenvalue weighted by atomic mass is 79.9. The molecular weight excluding hydrogens is 472 g/mol. The number of hydrogen-bond acceptors (Lipinski definition) is 4. The molecule has 3 aromatic carbocycles. The number of likely N-dealkylation sites (N-methyl/N-ethyl adjacent to an activating group) is 1. The first-order valence-electron chi connectivity index (χ1n) is 10.00. The molecule has 6 nitrogen and oxygen atoms in total. The third-order valence-corrected chi connectivity index (χ3v) is 6.00. The molecule has 3 rings (SSSR count). The molecule has 0 heterocycles. The van der Waals surface area contributed by atoms with E-state index in [1.807, 2.05) is 38.1 Å². The summed E-state index contributed by atoms with van der Waals surface area (Å²) in [5, 5.41) is 13.0. The first kappa shape index (κ1) is 23.3. The van der Waals surface area contributed by atoms with Gasteiger partial charge in [-0.15, -0.1) is 0 Å². The van der Waals surface area contributed by atoms with E-state index in [9.17, 15) is 14.7 Å². The van der Waals surface area contributed by atoms with Crippen molar-refractivity contribution in [2.45, 2.75) is 19.9 Å². The van der Waals surface area contributed by atoms with Gasteiger partial charge in [-0.05, 0) is 70.7 Å². The quantitative estimate of drug-likeness (QED) is 0.489. The number of amides is 2. The molecule has 1 unspecified atom stereocenters. The van der Waals surface area contributed by atoms with Gasteiger partial charge < -0.3 is 20.1 Å². The number of carbonyl (C=O) groups is 2. The Morgan fingerprint density at radius 3 is 2.31 bits per heavy atom. The van der Waals surface area contributed by atoms with Gasteiger partial charge in [-0.1, -0.05) is 36.4 Å². The van der Waals surface area contributed by atoms with E-state index in [1.165, 1.54) is 18.1 Å². The van der Waals surface area contributed by atoms with Crippen LogP contribution < -0.4 is 10.1 Å². The molecule has 0 aromatic heterocycles. The van der Waals surface area contributed by atoms with Crippen molar-refractivity contribution in [1.29, 1.82) is 0 Å². The Hall–Kier alpha value is -3.32. The minimum Gasteiger partial charge on any atom is -0.504 e. The molecule has 0 spiro atoms. The summed E-state index contributed by atoms with van der Waals surface area (Å²) in [5.41, 5.74) is 3.48. The Balaban J connectivity index is 2.06. The molecule has 32 heavy (non-hydrogen) atoms. The molecule has 0 fully saturated rings. The predicted octanol–water partition coefficient (Wildman–Crippen LogP) is 5.23. The number of hydrogen-bond donors (Lipinski definition) is 2. The second-order valence-electron chi connectivity index (χ2n) is 7.49. The summed E-state index contributed by atoms with van der Waals surface area (Å²) < 4.78 is 5.86. The van der Waals surface area contributed by atoms with Crippen molar-refractivity contribution in [2.75, 3.05) is 19.5 Å². The number of benzene rings is 3. The van der Waals surface area contributed by atoms with E-state index in [2.05, 4.69) is 21.2 Å². The SMILES string of the molecule is COc1cc(C(C(=O)Nc2c(C)cccc2C)N(C)C(=O)c2ccccc2Br)ccc1O. The topological polar surface area (TPSA) is 78.9 Å². The van der Waals surface area contributed by atoms with Crippen LogP contribution in [0.2, 0.25) is 0 Å². The van der Waals surface area contributed by atoms with Gasteiger partial charge >= 0.3 is 0 Å². The maximum atomic E-state index is 13.5. The summed E-state index contributed by atoms with van der Waals surface area (Å²) in [6.07, 6.45) is 0. The zero-order chi connectivity index (χ0) is 23.4. The number of ether oxygens (including phenoxy) is 1. The van der Waals surface area contributed by atoms with Gasteiger partial charge in [-0.2, -0.15) is 0 Å². The maximum Gasteiger partial charge on any atom is 0.255 e. The first-order valence-corrected chi connectivity index (χ1v) is 10.8. The van der Waals surface area contributed by atoms with Crippen LogP contribution in [0.5, 0.6) is 11.5 Å². The molecule has 0 aliphatic carbocycles. The number of para-hydroxylation sites is 1. The smallest absolute Gasteiger partial charge is 0.255 e. The van der Waals surface area contributed by atoms with Crippen LogP contribution in [0.4, 0.5) is 5.69 Å². The predicted molar refractivity (Wildman–Crippen MR) is 128 cm³/mol. The van der Waals surface area contributed by atoms with Crippen molar-refractivity contribution in [3.05, 3.63) is 87.4 Å². The van der Waals surface area contributed by atoms with Gasteiger partial charge in [0.1, 0.15) is 6.04 Å². The molecule has 0 aliphatic rings. The Bertz CT molecular complexity index is 1140. The Labute approximate surface area is 196 Å². The Morgan fingerprint density at radius 1 is 1.03 bits per heavy atom.